The monoisotopic (exact) mass is 646 g/mol. The molecule has 1 N–H and O–H groups in total. The summed E-state index contributed by atoms with van der Waals surface area (Å²) in [5, 5.41) is 3.36. The van der Waals surface area contributed by atoms with Crippen LogP contribution in [0, 0.1) is 22.6 Å². The number of halogens is 1. The fraction of sp³-hybridized carbons (Fsp3) is 0.676. The molecule has 4 heterocycles. The Kier molecular flexibility index (Phi) is 8.46. The van der Waals surface area contributed by atoms with Gasteiger partial charge in [0.05, 0.1) is 11.8 Å². The molecule has 1 aromatic carbocycles. The predicted octanol–water partition coefficient (Wildman–Crippen LogP) is 6.19. The minimum atomic E-state index is -0.461. The van der Waals surface area contributed by atoms with Crippen molar-refractivity contribution in [3.05, 3.63) is 42.1 Å². The average molecular weight is 647 g/mol. The zero-order chi connectivity index (χ0) is 33.0. The van der Waals surface area contributed by atoms with Gasteiger partial charge in [-0.05, 0) is 115 Å². The fourth-order valence-corrected chi connectivity index (χ4v) is 9.02. The Hall–Kier alpha value is -3.27. The van der Waals surface area contributed by atoms with E-state index in [0.717, 1.165) is 84.1 Å². The van der Waals surface area contributed by atoms with Crippen LogP contribution in [0.4, 0.5) is 10.2 Å². The molecule has 2 saturated carbocycles. The molecule has 3 saturated heterocycles. The van der Waals surface area contributed by atoms with E-state index in [1.165, 1.54) is 31.3 Å². The smallest absolute Gasteiger partial charge is 0.258 e. The van der Waals surface area contributed by atoms with Gasteiger partial charge in [0.25, 0.3) is 5.91 Å². The fourth-order valence-electron chi connectivity index (χ4n) is 9.02. The second-order valence-electron chi connectivity index (χ2n) is 16.2. The van der Waals surface area contributed by atoms with E-state index in [-0.39, 0.29) is 45.8 Å². The molecule has 5 aliphatic rings. The number of nitrogens with zero attached hydrogens (tertiary/aromatic N) is 5. The number of carbonyl (C=O) groups is 2. The summed E-state index contributed by atoms with van der Waals surface area (Å²) in [6.45, 7) is 13.4. The largest absolute Gasteiger partial charge is 0.451 e. The number of likely N-dealkylation sites (tertiary alicyclic amines) is 1. The number of hydrogen-bond donors (Lipinski definition) is 1. The zero-order valence-electron chi connectivity index (χ0n) is 28.6. The van der Waals surface area contributed by atoms with Crippen LogP contribution in [0.25, 0.3) is 0 Å². The third-order valence-corrected chi connectivity index (χ3v) is 11.9. The number of anilines is 1. The lowest BCUT2D eigenvalue weighted by atomic mass is 9.70. The summed E-state index contributed by atoms with van der Waals surface area (Å²) in [4.78, 5) is 41.8. The Morgan fingerprint density at radius 1 is 1.09 bits per heavy atom. The van der Waals surface area contributed by atoms with Gasteiger partial charge in [0.2, 0.25) is 5.91 Å². The molecular weight excluding hydrogens is 595 g/mol. The van der Waals surface area contributed by atoms with Crippen molar-refractivity contribution in [3.63, 3.8) is 0 Å². The van der Waals surface area contributed by atoms with E-state index in [0.29, 0.717) is 23.2 Å². The first-order valence-corrected chi connectivity index (χ1v) is 17.8. The molecule has 0 unspecified atom stereocenters. The highest BCUT2D eigenvalue weighted by Crippen LogP contribution is 2.47. The highest BCUT2D eigenvalue weighted by molar-refractivity contribution is 5.97. The molecule has 3 aliphatic heterocycles. The number of piperidine rings is 1. The van der Waals surface area contributed by atoms with Crippen molar-refractivity contribution >= 4 is 17.6 Å². The van der Waals surface area contributed by atoms with E-state index in [1.807, 2.05) is 18.7 Å². The quantitative estimate of drug-likeness (QED) is 0.366. The van der Waals surface area contributed by atoms with Crippen LogP contribution in [0.2, 0.25) is 0 Å². The van der Waals surface area contributed by atoms with Gasteiger partial charge in [-0.25, -0.2) is 14.4 Å². The molecule has 2 aliphatic carbocycles. The van der Waals surface area contributed by atoms with Gasteiger partial charge in [0.15, 0.2) is 11.6 Å². The maximum Gasteiger partial charge on any atom is 0.258 e. The zero-order valence-corrected chi connectivity index (χ0v) is 28.6. The molecule has 2 spiro atoms. The van der Waals surface area contributed by atoms with Crippen molar-refractivity contribution in [2.24, 2.45) is 16.7 Å². The van der Waals surface area contributed by atoms with Crippen molar-refractivity contribution in [3.8, 4) is 11.5 Å². The Morgan fingerprint density at radius 2 is 1.81 bits per heavy atom. The van der Waals surface area contributed by atoms with E-state index >= 15 is 0 Å². The van der Waals surface area contributed by atoms with Crippen LogP contribution in [-0.2, 0) is 4.79 Å². The number of aromatic nitrogens is 2. The number of ether oxygens (including phenoxy) is 1. The number of hydrogen-bond acceptors (Lipinski definition) is 7. The van der Waals surface area contributed by atoms with E-state index in [9.17, 15) is 14.0 Å². The molecule has 10 heteroatoms. The van der Waals surface area contributed by atoms with Crippen LogP contribution >= 0.6 is 0 Å². The summed E-state index contributed by atoms with van der Waals surface area (Å²) in [6.07, 6.45) is 14.1. The molecule has 0 bridgehead atoms. The van der Waals surface area contributed by atoms with Gasteiger partial charge in [0, 0.05) is 48.1 Å². The van der Waals surface area contributed by atoms with E-state index in [1.54, 1.807) is 12.3 Å². The number of carbonyl (C=O) groups excluding carboxylic acids is 2. The third-order valence-electron chi connectivity index (χ3n) is 11.9. The second kappa shape index (κ2) is 12.3. The minimum Gasteiger partial charge on any atom is -0.451 e. The normalized spacial score (nSPS) is 27.1. The Balaban J connectivity index is 0.949. The van der Waals surface area contributed by atoms with Gasteiger partial charge in [-0.3, -0.25) is 9.59 Å². The van der Waals surface area contributed by atoms with Crippen molar-refractivity contribution < 1.29 is 18.7 Å². The lowest BCUT2D eigenvalue weighted by Gasteiger charge is -2.55. The highest BCUT2D eigenvalue weighted by atomic mass is 19.1. The van der Waals surface area contributed by atoms with Crippen molar-refractivity contribution in [1.82, 2.24) is 25.1 Å². The maximum absolute atomic E-state index is 14.5. The Bertz CT molecular complexity index is 1480. The van der Waals surface area contributed by atoms with Crippen LogP contribution in [0.5, 0.6) is 11.5 Å². The summed E-state index contributed by atoms with van der Waals surface area (Å²) in [6, 6.07) is 4.36. The van der Waals surface area contributed by atoms with Crippen molar-refractivity contribution in [1.29, 1.82) is 0 Å². The van der Waals surface area contributed by atoms with Crippen LogP contribution in [-0.4, -0.2) is 81.9 Å². The SMILES string of the molecule is CC(C)N(C(=O)c1cc(F)ccc1Oc1cncnc1N1CC2(CCN(C[C@H]3CC[C@]4(CC3)CC(C)(C)C(=O)N4)CC2)C1)C1CCC1. The summed E-state index contributed by atoms with van der Waals surface area (Å²) in [7, 11) is 0. The first kappa shape index (κ1) is 32.3. The molecule has 1 aromatic heterocycles. The number of nitrogens with one attached hydrogen (secondary N) is 1. The second-order valence-corrected chi connectivity index (χ2v) is 16.2. The Labute approximate surface area is 278 Å². The summed E-state index contributed by atoms with van der Waals surface area (Å²) < 4.78 is 20.8. The molecule has 254 valence electrons. The summed E-state index contributed by atoms with van der Waals surface area (Å²) in [5.41, 5.74) is 0.293. The van der Waals surface area contributed by atoms with Gasteiger partial charge in [0.1, 0.15) is 17.9 Å². The molecular formula is C37H51FN6O3. The molecule has 5 fully saturated rings. The van der Waals surface area contributed by atoms with Crippen LogP contribution < -0.4 is 15.0 Å². The minimum absolute atomic E-state index is 0.00631. The first-order chi connectivity index (χ1) is 22.4. The molecule has 9 nitrogen and oxygen atoms in total. The molecule has 0 radical (unpaired) electrons. The van der Waals surface area contributed by atoms with Gasteiger partial charge in [-0.1, -0.05) is 13.8 Å². The molecule has 2 amide bonds. The number of rotatable bonds is 8. The Morgan fingerprint density at radius 3 is 2.43 bits per heavy atom. The van der Waals surface area contributed by atoms with Crippen LogP contribution in [0.3, 0.4) is 0 Å². The van der Waals surface area contributed by atoms with Gasteiger partial charge in [-0.2, -0.15) is 0 Å². The van der Waals surface area contributed by atoms with Crippen LogP contribution in [0.15, 0.2) is 30.7 Å². The van der Waals surface area contributed by atoms with E-state index in [2.05, 4.69) is 38.9 Å². The third kappa shape index (κ3) is 6.34. The lowest BCUT2D eigenvalue weighted by Crippen LogP contribution is -2.61. The lowest BCUT2D eigenvalue weighted by molar-refractivity contribution is -0.126. The van der Waals surface area contributed by atoms with E-state index in [4.69, 9.17) is 4.74 Å². The topological polar surface area (TPSA) is 90.9 Å². The van der Waals surface area contributed by atoms with Gasteiger partial charge >= 0.3 is 0 Å². The van der Waals surface area contributed by atoms with E-state index < -0.39 is 5.82 Å². The highest BCUT2D eigenvalue weighted by Gasteiger charge is 2.50. The summed E-state index contributed by atoms with van der Waals surface area (Å²) >= 11 is 0. The molecule has 7 rings (SSSR count). The molecule has 2 aromatic rings. The molecule has 47 heavy (non-hydrogen) atoms. The number of benzene rings is 1. The molecule has 0 atom stereocenters. The standard InChI is InChI=1S/C37H51FN6O3/c1-25(2)44(28-6-5-7-28)33(45)29-18-27(38)8-9-30(29)47-31-19-39-24-40-32(31)43-22-36(23-43)14-16-42(17-15-36)20-26-10-12-37(13-11-26)21-35(3,4)34(46)41-37/h8-9,18-19,24-26,28H,5-7,10-17,20-23H2,1-4H3,(H,41,46)/t26-,37-. The number of amides is 2. The van der Waals surface area contributed by atoms with Gasteiger partial charge in [-0.15, -0.1) is 0 Å². The van der Waals surface area contributed by atoms with Crippen LogP contribution in [0.1, 0.15) is 102 Å². The predicted molar refractivity (Wildman–Crippen MR) is 179 cm³/mol. The maximum atomic E-state index is 14.5. The summed E-state index contributed by atoms with van der Waals surface area (Å²) in [5.74, 6) is 1.80. The van der Waals surface area contributed by atoms with Gasteiger partial charge < -0.3 is 24.8 Å². The average Bonchev–Trinajstić information content (AvgIpc) is 3.23. The first-order valence-electron chi connectivity index (χ1n) is 17.8. The van der Waals surface area contributed by atoms with Crippen molar-refractivity contribution in [2.45, 2.75) is 110 Å². The van der Waals surface area contributed by atoms with Crippen molar-refractivity contribution in [2.75, 3.05) is 37.6 Å².